The molecule has 7 heteroatoms. The molecule has 0 radical (unpaired) electrons. The minimum Gasteiger partial charge on any atom is -0.276 e. The highest BCUT2D eigenvalue weighted by molar-refractivity contribution is 7.98. The van der Waals surface area contributed by atoms with E-state index in [1.54, 1.807) is 6.33 Å². The molecule has 0 bridgehead atoms. The smallest absolute Gasteiger partial charge is 0.276 e. The Morgan fingerprint density at radius 1 is 1.04 bits per heavy atom. The standard InChI is InChI=1S/C18H16F3N3S/c1-12-3-8-16(13(2)9-12)24-11-22-23-17(24)25-10-14-4-6-15(7-5-14)18(19,20)21/h3-9,11H,10H2,1-2H3. The van der Waals surface area contributed by atoms with Gasteiger partial charge >= 0.3 is 6.18 Å². The summed E-state index contributed by atoms with van der Waals surface area (Å²) < 4.78 is 39.7. The fourth-order valence-corrected chi connectivity index (χ4v) is 3.38. The molecule has 0 aliphatic carbocycles. The van der Waals surface area contributed by atoms with Crippen molar-refractivity contribution in [2.45, 2.75) is 30.9 Å². The summed E-state index contributed by atoms with van der Waals surface area (Å²) in [5.41, 5.74) is 3.43. The highest BCUT2D eigenvalue weighted by Gasteiger charge is 2.29. The molecule has 130 valence electrons. The van der Waals surface area contributed by atoms with Crippen molar-refractivity contribution in [3.63, 3.8) is 0 Å². The van der Waals surface area contributed by atoms with Crippen molar-refractivity contribution in [3.8, 4) is 5.69 Å². The van der Waals surface area contributed by atoms with Crippen LogP contribution in [0.2, 0.25) is 0 Å². The predicted molar refractivity (Wildman–Crippen MR) is 91.8 cm³/mol. The number of nitrogens with zero attached hydrogens (tertiary/aromatic N) is 3. The molecule has 0 atom stereocenters. The van der Waals surface area contributed by atoms with E-state index in [1.807, 2.05) is 30.5 Å². The maximum atomic E-state index is 12.6. The topological polar surface area (TPSA) is 30.7 Å². The van der Waals surface area contributed by atoms with Crippen LogP contribution in [0.1, 0.15) is 22.3 Å². The van der Waals surface area contributed by atoms with Crippen molar-refractivity contribution in [1.82, 2.24) is 14.8 Å². The Balaban J connectivity index is 1.76. The number of rotatable bonds is 4. The van der Waals surface area contributed by atoms with Crippen molar-refractivity contribution < 1.29 is 13.2 Å². The monoisotopic (exact) mass is 363 g/mol. The summed E-state index contributed by atoms with van der Waals surface area (Å²) in [6.45, 7) is 4.05. The molecule has 3 nitrogen and oxygen atoms in total. The van der Waals surface area contributed by atoms with Crippen LogP contribution in [0.3, 0.4) is 0 Å². The Hall–Kier alpha value is -2.28. The molecular weight excluding hydrogens is 347 g/mol. The van der Waals surface area contributed by atoms with E-state index in [2.05, 4.69) is 16.3 Å². The van der Waals surface area contributed by atoms with E-state index in [9.17, 15) is 13.2 Å². The number of hydrogen-bond acceptors (Lipinski definition) is 3. The van der Waals surface area contributed by atoms with Gasteiger partial charge in [0.1, 0.15) is 6.33 Å². The quantitative estimate of drug-likeness (QED) is 0.597. The molecule has 3 aromatic rings. The average molecular weight is 363 g/mol. The van der Waals surface area contributed by atoms with Gasteiger partial charge in [-0.25, -0.2) is 0 Å². The summed E-state index contributed by atoms with van der Waals surface area (Å²) >= 11 is 1.44. The fourth-order valence-electron chi connectivity index (χ4n) is 2.50. The van der Waals surface area contributed by atoms with Crippen molar-refractivity contribution in [3.05, 3.63) is 71.0 Å². The number of aromatic nitrogens is 3. The molecule has 2 aromatic carbocycles. The summed E-state index contributed by atoms with van der Waals surface area (Å²) in [5.74, 6) is 0.516. The van der Waals surface area contributed by atoms with E-state index in [0.29, 0.717) is 10.9 Å². The summed E-state index contributed by atoms with van der Waals surface area (Å²) in [4.78, 5) is 0. The van der Waals surface area contributed by atoms with Gasteiger partial charge in [0.05, 0.1) is 11.3 Å². The van der Waals surface area contributed by atoms with Crippen molar-refractivity contribution >= 4 is 11.8 Å². The van der Waals surface area contributed by atoms with Gasteiger partial charge in [0.25, 0.3) is 0 Å². The maximum Gasteiger partial charge on any atom is 0.416 e. The molecule has 1 heterocycles. The lowest BCUT2D eigenvalue weighted by molar-refractivity contribution is -0.137. The molecular formula is C18H16F3N3S. The third-order valence-electron chi connectivity index (χ3n) is 3.78. The van der Waals surface area contributed by atoms with E-state index >= 15 is 0 Å². The number of aryl methyl sites for hydroxylation is 2. The second-order valence-corrected chi connectivity index (χ2v) is 6.70. The zero-order chi connectivity index (χ0) is 18.0. The molecule has 0 unspecified atom stereocenters. The average Bonchev–Trinajstić information content (AvgIpc) is 3.01. The Labute approximate surface area is 147 Å². The zero-order valence-electron chi connectivity index (χ0n) is 13.7. The minimum absolute atomic E-state index is 0.516. The number of hydrogen-bond donors (Lipinski definition) is 0. The van der Waals surface area contributed by atoms with Gasteiger partial charge in [-0.05, 0) is 43.2 Å². The van der Waals surface area contributed by atoms with Gasteiger partial charge in [0.15, 0.2) is 5.16 Å². The van der Waals surface area contributed by atoms with Gasteiger partial charge in [-0.1, -0.05) is 41.6 Å². The highest BCUT2D eigenvalue weighted by atomic mass is 32.2. The first kappa shape index (κ1) is 17.5. The van der Waals surface area contributed by atoms with E-state index in [0.717, 1.165) is 28.9 Å². The molecule has 1 aromatic heterocycles. The van der Waals surface area contributed by atoms with Crippen LogP contribution in [0.25, 0.3) is 5.69 Å². The molecule has 0 N–H and O–H groups in total. The van der Waals surface area contributed by atoms with Crippen LogP contribution in [0.4, 0.5) is 13.2 Å². The molecule has 0 aliphatic rings. The van der Waals surface area contributed by atoms with Gasteiger partial charge in [0.2, 0.25) is 0 Å². The number of thioether (sulfide) groups is 1. The third-order valence-corrected chi connectivity index (χ3v) is 4.79. The molecule has 0 amide bonds. The van der Waals surface area contributed by atoms with Crippen LogP contribution in [-0.2, 0) is 11.9 Å². The van der Waals surface area contributed by atoms with Crippen LogP contribution in [0, 0.1) is 13.8 Å². The van der Waals surface area contributed by atoms with Crippen molar-refractivity contribution in [2.75, 3.05) is 0 Å². The first-order valence-electron chi connectivity index (χ1n) is 7.61. The lowest BCUT2D eigenvalue weighted by atomic mass is 10.1. The summed E-state index contributed by atoms with van der Waals surface area (Å²) in [6.07, 6.45) is -2.67. The third kappa shape index (κ3) is 4.04. The molecule has 0 saturated heterocycles. The predicted octanol–water partition coefficient (Wildman–Crippen LogP) is 5.20. The van der Waals surface area contributed by atoms with Gasteiger partial charge in [-0.3, -0.25) is 4.57 Å². The Morgan fingerprint density at radius 3 is 2.40 bits per heavy atom. The lowest BCUT2D eigenvalue weighted by Gasteiger charge is -2.10. The molecule has 3 rings (SSSR count). The first-order chi connectivity index (χ1) is 11.8. The lowest BCUT2D eigenvalue weighted by Crippen LogP contribution is -2.04. The number of halogens is 3. The Kier molecular flexibility index (Phi) is 4.85. The van der Waals surface area contributed by atoms with E-state index in [-0.39, 0.29) is 0 Å². The molecule has 0 spiro atoms. The highest BCUT2D eigenvalue weighted by Crippen LogP contribution is 2.30. The fraction of sp³-hybridized carbons (Fsp3) is 0.222. The minimum atomic E-state index is -4.31. The summed E-state index contributed by atoms with van der Waals surface area (Å²) in [5, 5.41) is 8.79. The summed E-state index contributed by atoms with van der Waals surface area (Å²) in [7, 11) is 0. The van der Waals surface area contributed by atoms with Crippen molar-refractivity contribution in [2.24, 2.45) is 0 Å². The van der Waals surface area contributed by atoms with Crippen LogP contribution in [0.5, 0.6) is 0 Å². The molecule has 0 saturated carbocycles. The normalized spacial score (nSPS) is 11.7. The zero-order valence-corrected chi connectivity index (χ0v) is 14.5. The Bertz CT molecular complexity index is 870. The SMILES string of the molecule is Cc1ccc(-n2cnnc2SCc2ccc(C(F)(F)F)cc2)c(C)c1. The number of alkyl halides is 3. The first-order valence-corrected chi connectivity index (χ1v) is 8.60. The van der Waals surface area contributed by atoms with Crippen molar-refractivity contribution in [1.29, 1.82) is 0 Å². The van der Waals surface area contributed by atoms with E-state index < -0.39 is 11.7 Å². The van der Waals surface area contributed by atoms with Gasteiger partial charge < -0.3 is 0 Å². The van der Waals surface area contributed by atoms with Crippen LogP contribution in [-0.4, -0.2) is 14.8 Å². The largest absolute Gasteiger partial charge is 0.416 e. The molecule has 25 heavy (non-hydrogen) atoms. The Morgan fingerprint density at radius 2 is 1.76 bits per heavy atom. The molecule has 0 fully saturated rings. The maximum absolute atomic E-state index is 12.6. The van der Waals surface area contributed by atoms with E-state index in [4.69, 9.17) is 0 Å². The second kappa shape index (κ2) is 6.92. The number of benzene rings is 2. The summed E-state index contributed by atoms with van der Waals surface area (Å²) in [6, 6.07) is 11.3. The molecule has 0 aliphatic heterocycles. The van der Waals surface area contributed by atoms with Crippen LogP contribution >= 0.6 is 11.8 Å². The van der Waals surface area contributed by atoms with Gasteiger partial charge in [-0.2, -0.15) is 13.2 Å². The van der Waals surface area contributed by atoms with Gasteiger partial charge in [-0.15, -0.1) is 10.2 Å². The van der Waals surface area contributed by atoms with Crippen LogP contribution < -0.4 is 0 Å². The second-order valence-electron chi connectivity index (χ2n) is 5.76. The van der Waals surface area contributed by atoms with Crippen LogP contribution in [0.15, 0.2) is 53.9 Å². The van der Waals surface area contributed by atoms with Gasteiger partial charge in [0, 0.05) is 5.75 Å². The van der Waals surface area contributed by atoms with E-state index in [1.165, 1.54) is 29.5 Å².